The Labute approximate surface area is 117 Å². The topological polar surface area (TPSA) is 41.3 Å². The molecule has 0 radical (unpaired) electrons. The van der Waals surface area contributed by atoms with Gasteiger partial charge in [-0.25, -0.2) is 0 Å². The van der Waals surface area contributed by atoms with Crippen molar-refractivity contribution in [1.29, 1.82) is 0 Å². The monoisotopic (exact) mass is 277 g/mol. The molecule has 0 saturated carbocycles. The number of aliphatic hydroxyl groups excluding tert-OH is 1. The van der Waals surface area contributed by atoms with E-state index in [1.165, 1.54) is 10.4 Å². The summed E-state index contributed by atoms with van der Waals surface area (Å²) in [6.07, 6.45) is 3.93. The largest absolute Gasteiger partial charge is 0.392 e. The van der Waals surface area contributed by atoms with Crippen LogP contribution in [0.1, 0.15) is 18.4 Å². The van der Waals surface area contributed by atoms with Crippen LogP contribution in [0.15, 0.2) is 23.7 Å². The molecule has 102 valence electrons. The molecular formula is C14H19N3OS. The molecule has 4 nitrogen and oxygen atoms in total. The summed E-state index contributed by atoms with van der Waals surface area (Å²) in [7, 11) is 1.96. The molecule has 0 spiro atoms. The zero-order valence-electron chi connectivity index (χ0n) is 11.1. The number of β-amino-alcohol motifs (C(OH)–C–C–N with tert-alkyl or cyclic N) is 1. The fourth-order valence-electron chi connectivity index (χ4n) is 2.69. The Kier molecular flexibility index (Phi) is 3.68. The average molecular weight is 277 g/mol. The van der Waals surface area contributed by atoms with E-state index in [1.807, 2.05) is 11.7 Å². The van der Waals surface area contributed by atoms with Crippen LogP contribution >= 0.6 is 11.3 Å². The summed E-state index contributed by atoms with van der Waals surface area (Å²) in [5, 5.41) is 16.4. The van der Waals surface area contributed by atoms with Gasteiger partial charge in [-0.3, -0.25) is 9.58 Å². The number of aryl methyl sites for hydroxylation is 1. The maximum Gasteiger partial charge on any atom is 0.107 e. The van der Waals surface area contributed by atoms with Gasteiger partial charge in [-0.05, 0) is 30.8 Å². The molecule has 5 heteroatoms. The Balaban J connectivity index is 1.81. The first-order valence-corrected chi connectivity index (χ1v) is 7.57. The lowest BCUT2D eigenvalue weighted by Crippen LogP contribution is -2.37. The van der Waals surface area contributed by atoms with E-state index >= 15 is 0 Å². The van der Waals surface area contributed by atoms with Gasteiger partial charge in [-0.2, -0.15) is 5.10 Å². The molecule has 0 aliphatic carbocycles. The number of thiophene rings is 1. The standard InChI is InChI=1S/C14H19N3OS/c1-16-8-11(9-17-6-2-4-12(18)10-17)14(15-16)13-5-3-7-19-13/h3,5,7-8,12,18H,2,4,6,9-10H2,1H3. The number of likely N-dealkylation sites (tertiary alicyclic amines) is 1. The molecule has 0 bridgehead atoms. The van der Waals surface area contributed by atoms with Crippen LogP contribution in [-0.4, -0.2) is 39.0 Å². The van der Waals surface area contributed by atoms with Crippen LogP contribution in [-0.2, 0) is 13.6 Å². The van der Waals surface area contributed by atoms with E-state index in [0.29, 0.717) is 0 Å². The minimum Gasteiger partial charge on any atom is -0.392 e. The van der Waals surface area contributed by atoms with Gasteiger partial charge >= 0.3 is 0 Å². The van der Waals surface area contributed by atoms with Gasteiger partial charge in [0.15, 0.2) is 0 Å². The highest BCUT2D eigenvalue weighted by atomic mass is 32.1. The zero-order valence-corrected chi connectivity index (χ0v) is 11.9. The van der Waals surface area contributed by atoms with Gasteiger partial charge in [-0.15, -0.1) is 11.3 Å². The summed E-state index contributed by atoms with van der Waals surface area (Å²) in [6.45, 7) is 2.72. The van der Waals surface area contributed by atoms with Crippen LogP contribution in [0.5, 0.6) is 0 Å². The van der Waals surface area contributed by atoms with Crippen molar-refractivity contribution in [2.45, 2.75) is 25.5 Å². The summed E-state index contributed by atoms with van der Waals surface area (Å²) >= 11 is 1.72. The molecule has 1 unspecified atom stereocenters. The number of hydrogen-bond acceptors (Lipinski definition) is 4. The van der Waals surface area contributed by atoms with Gasteiger partial charge in [0.05, 0.1) is 11.0 Å². The van der Waals surface area contributed by atoms with Crippen molar-refractivity contribution < 1.29 is 5.11 Å². The highest BCUT2D eigenvalue weighted by Crippen LogP contribution is 2.27. The Morgan fingerprint density at radius 2 is 2.42 bits per heavy atom. The van der Waals surface area contributed by atoms with Gasteiger partial charge < -0.3 is 5.11 Å². The number of nitrogens with zero attached hydrogens (tertiary/aromatic N) is 3. The van der Waals surface area contributed by atoms with Gasteiger partial charge in [0, 0.05) is 31.9 Å². The third-order valence-electron chi connectivity index (χ3n) is 3.53. The van der Waals surface area contributed by atoms with Gasteiger partial charge in [-0.1, -0.05) is 6.07 Å². The van der Waals surface area contributed by atoms with Crippen molar-refractivity contribution in [2.75, 3.05) is 13.1 Å². The Bertz CT molecular complexity index is 535. The lowest BCUT2D eigenvalue weighted by Gasteiger charge is -2.29. The van der Waals surface area contributed by atoms with E-state index in [9.17, 15) is 5.11 Å². The number of piperidine rings is 1. The van der Waals surface area contributed by atoms with Crippen molar-refractivity contribution >= 4 is 11.3 Å². The van der Waals surface area contributed by atoms with Crippen molar-refractivity contribution in [3.63, 3.8) is 0 Å². The Morgan fingerprint density at radius 1 is 1.53 bits per heavy atom. The van der Waals surface area contributed by atoms with Crippen LogP contribution in [0.3, 0.4) is 0 Å². The number of hydrogen-bond donors (Lipinski definition) is 1. The van der Waals surface area contributed by atoms with Crippen LogP contribution in [0.4, 0.5) is 0 Å². The van der Waals surface area contributed by atoms with Gasteiger partial charge in [0.2, 0.25) is 0 Å². The molecule has 1 aliphatic heterocycles. The molecule has 0 amide bonds. The molecule has 1 fully saturated rings. The van der Waals surface area contributed by atoms with Crippen molar-refractivity contribution in [2.24, 2.45) is 7.05 Å². The lowest BCUT2D eigenvalue weighted by molar-refractivity contribution is 0.0669. The predicted molar refractivity (Wildman–Crippen MR) is 77.0 cm³/mol. The first-order chi connectivity index (χ1) is 9.22. The first-order valence-electron chi connectivity index (χ1n) is 6.69. The third-order valence-corrected chi connectivity index (χ3v) is 4.41. The van der Waals surface area contributed by atoms with E-state index in [2.05, 4.69) is 33.7 Å². The lowest BCUT2D eigenvalue weighted by atomic mass is 10.1. The summed E-state index contributed by atoms with van der Waals surface area (Å²) in [6, 6.07) is 4.17. The van der Waals surface area contributed by atoms with Crippen molar-refractivity contribution in [3.8, 4) is 10.6 Å². The summed E-state index contributed by atoms with van der Waals surface area (Å²) < 4.78 is 1.88. The SMILES string of the molecule is Cn1cc(CN2CCCC(O)C2)c(-c2cccs2)n1. The third kappa shape index (κ3) is 2.88. The van der Waals surface area contributed by atoms with Crippen LogP contribution < -0.4 is 0 Å². The maximum atomic E-state index is 9.76. The second-order valence-corrected chi connectivity index (χ2v) is 6.13. The normalized spacial score (nSPS) is 20.8. The Hall–Kier alpha value is -1.17. The molecule has 3 rings (SSSR count). The van der Waals surface area contributed by atoms with Crippen LogP contribution in [0, 0.1) is 0 Å². The molecule has 1 aliphatic rings. The maximum absolute atomic E-state index is 9.76. The van der Waals surface area contributed by atoms with Crippen molar-refractivity contribution in [3.05, 3.63) is 29.3 Å². The molecule has 2 aromatic heterocycles. The minimum atomic E-state index is -0.171. The smallest absolute Gasteiger partial charge is 0.107 e. The van der Waals surface area contributed by atoms with Crippen molar-refractivity contribution in [1.82, 2.24) is 14.7 Å². The highest BCUT2D eigenvalue weighted by molar-refractivity contribution is 7.13. The second kappa shape index (κ2) is 5.45. The Morgan fingerprint density at radius 3 is 3.16 bits per heavy atom. The molecule has 1 saturated heterocycles. The van der Waals surface area contributed by atoms with E-state index in [1.54, 1.807) is 11.3 Å². The summed E-state index contributed by atoms with van der Waals surface area (Å²) in [5.41, 5.74) is 2.33. The van der Waals surface area contributed by atoms with E-state index < -0.39 is 0 Å². The van der Waals surface area contributed by atoms with E-state index in [4.69, 9.17) is 0 Å². The van der Waals surface area contributed by atoms with Gasteiger partial charge in [0.25, 0.3) is 0 Å². The molecule has 1 N–H and O–H groups in total. The molecule has 0 aromatic carbocycles. The van der Waals surface area contributed by atoms with Crippen LogP contribution in [0.2, 0.25) is 0 Å². The fourth-order valence-corrected chi connectivity index (χ4v) is 3.43. The molecule has 3 heterocycles. The summed E-state index contributed by atoms with van der Waals surface area (Å²) in [5.74, 6) is 0. The first kappa shape index (κ1) is 12.8. The average Bonchev–Trinajstić information content (AvgIpc) is 2.98. The predicted octanol–water partition coefficient (Wildman–Crippen LogP) is 2.11. The van der Waals surface area contributed by atoms with E-state index in [-0.39, 0.29) is 6.10 Å². The number of aromatic nitrogens is 2. The zero-order chi connectivity index (χ0) is 13.2. The minimum absolute atomic E-state index is 0.171. The second-order valence-electron chi connectivity index (χ2n) is 5.19. The summed E-state index contributed by atoms with van der Waals surface area (Å²) in [4.78, 5) is 3.54. The molecule has 19 heavy (non-hydrogen) atoms. The van der Waals surface area contributed by atoms with Crippen LogP contribution in [0.25, 0.3) is 10.6 Å². The quantitative estimate of drug-likeness (QED) is 0.934. The fraction of sp³-hybridized carbons (Fsp3) is 0.500. The molecule has 1 atom stereocenters. The van der Waals surface area contributed by atoms with Gasteiger partial charge in [0.1, 0.15) is 5.69 Å². The highest BCUT2D eigenvalue weighted by Gasteiger charge is 2.20. The number of aliphatic hydroxyl groups is 1. The number of rotatable bonds is 3. The molecular weight excluding hydrogens is 258 g/mol. The molecule has 2 aromatic rings. The van der Waals surface area contributed by atoms with E-state index in [0.717, 1.165) is 38.2 Å².